The highest BCUT2D eigenvalue weighted by Crippen LogP contribution is 2.18. The van der Waals surface area contributed by atoms with E-state index >= 15 is 0 Å². The van der Waals surface area contributed by atoms with Crippen molar-refractivity contribution in [1.29, 1.82) is 0 Å². The van der Waals surface area contributed by atoms with Gasteiger partial charge in [0, 0.05) is 12.1 Å². The quantitative estimate of drug-likeness (QED) is 0.501. The molecule has 2 aromatic rings. The molecular formula is C20H24N2O4S. The van der Waals surface area contributed by atoms with E-state index in [-0.39, 0.29) is 12.5 Å². The van der Waals surface area contributed by atoms with E-state index in [1.165, 1.54) is 10.4 Å². The summed E-state index contributed by atoms with van der Waals surface area (Å²) in [7, 11) is -3.41. The van der Waals surface area contributed by atoms with Crippen LogP contribution in [-0.2, 0) is 21.4 Å². The van der Waals surface area contributed by atoms with Crippen LogP contribution in [0.25, 0.3) is 0 Å². The summed E-state index contributed by atoms with van der Waals surface area (Å²) in [6.45, 7) is 5.03. The number of sulfonamides is 1. The van der Waals surface area contributed by atoms with Gasteiger partial charge in [0.25, 0.3) is 5.91 Å². The van der Waals surface area contributed by atoms with Crippen molar-refractivity contribution < 1.29 is 17.9 Å². The zero-order valence-electron chi connectivity index (χ0n) is 15.3. The number of nitrogens with one attached hydrogen (secondary N) is 1. The molecule has 0 aliphatic rings. The molecule has 0 aliphatic carbocycles. The lowest BCUT2D eigenvalue weighted by Crippen LogP contribution is -2.30. The molecule has 0 radical (unpaired) electrons. The first kappa shape index (κ1) is 20.7. The average Bonchev–Trinajstić information content (AvgIpc) is 2.66. The maximum Gasteiger partial charge on any atom is 0.251 e. The Bertz CT molecular complexity index is 849. The molecule has 7 heteroatoms. The molecule has 0 unspecified atom stereocenters. The van der Waals surface area contributed by atoms with E-state index < -0.39 is 10.0 Å². The zero-order chi connectivity index (χ0) is 19.7. The van der Waals surface area contributed by atoms with Crippen molar-refractivity contribution in [3.05, 3.63) is 78.4 Å². The van der Waals surface area contributed by atoms with Gasteiger partial charge in [-0.15, -0.1) is 6.58 Å². The van der Waals surface area contributed by atoms with Gasteiger partial charge in [-0.1, -0.05) is 36.4 Å². The largest absolute Gasteiger partial charge is 0.375 e. The predicted octanol–water partition coefficient (Wildman–Crippen LogP) is 2.59. The molecule has 144 valence electrons. The van der Waals surface area contributed by atoms with E-state index in [0.29, 0.717) is 31.0 Å². The van der Waals surface area contributed by atoms with Crippen LogP contribution < -0.4 is 9.62 Å². The summed E-state index contributed by atoms with van der Waals surface area (Å²) in [6.07, 6.45) is 2.64. The SMILES string of the molecule is C=CCN(c1ccc(C(=O)NCCOCc2ccccc2)cc1)S(C)(=O)=O. The summed E-state index contributed by atoms with van der Waals surface area (Å²) in [5, 5.41) is 2.78. The molecule has 0 fully saturated rings. The number of benzene rings is 2. The minimum atomic E-state index is -3.41. The molecule has 0 saturated heterocycles. The first-order chi connectivity index (χ1) is 12.9. The van der Waals surface area contributed by atoms with Gasteiger partial charge in [0.15, 0.2) is 0 Å². The molecule has 2 rings (SSSR count). The lowest BCUT2D eigenvalue weighted by molar-refractivity contribution is 0.0901. The molecule has 1 N–H and O–H groups in total. The molecule has 0 aliphatic heterocycles. The Morgan fingerprint density at radius 3 is 2.41 bits per heavy atom. The Kier molecular flexibility index (Phi) is 7.57. The Morgan fingerprint density at radius 1 is 1.15 bits per heavy atom. The fraction of sp³-hybridized carbons (Fsp3) is 0.250. The van der Waals surface area contributed by atoms with E-state index in [2.05, 4.69) is 11.9 Å². The molecule has 0 aromatic heterocycles. The van der Waals surface area contributed by atoms with Crippen LogP contribution in [0.1, 0.15) is 15.9 Å². The molecule has 0 heterocycles. The maximum absolute atomic E-state index is 12.2. The van der Waals surface area contributed by atoms with Gasteiger partial charge in [-0.05, 0) is 29.8 Å². The normalized spacial score (nSPS) is 11.0. The number of amides is 1. The highest BCUT2D eigenvalue weighted by atomic mass is 32.2. The lowest BCUT2D eigenvalue weighted by Gasteiger charge is -2.20. The van der Waals surface area contributed by atoms with E-state index in [1.807, 2.05) is 30.3 Å². The fourth-order valence-electron chi connectivity index (χ4n) is 2.43. The van der Waals surface area contributed by atoms with Gasteiger partial charge in [0.05, 0.1) is 31.7 Å². The summed E-state index contributed by atoms with van der Waals surface area (Å²) in [6, 6.07) is 16.2. The molecule has 2 aromatic carbocycles. The Balaban J connectivity index is 1.83. The second-order valence-electron chi connectivity index (χ2n) is 5.92. The smallest absolute Gasteiger partial charge is 0.251 e. The third-order valence-corrected chi connectivity index (χ3v) is 4.92. The van der Waals surface area contributed by atoms with E-state index in [9.17, 15) is 13.2 Å². The maximum atomic E-state index is 12.2. The van der Waals surface area contributed by atoms with Crippen LogP contribution in [0, 0.1) is 0 Å². The average molecular weight is 388 g/mol. The standard InChI is InChI=1S/C20H24N2O4S/c1-3-14-22(27(2,24)25)19-11-9-18(10-12-19)20(23)21-13-15-26-16-17-7-5-4-6-8-17/h3-12H,1,13-16H2,2H3,(H,21,23). The number of hydrogen-bond donors (Lipinski definition) is 1. The van der Waals surface area contributed by atoms with Gasteiger partial charge in [0.2, 0.25) is 10.0 Å². The van der Waals surface area contributed by atoms with E-state index in [4.69, 9.17) is 4.74 Å². The van der Waals surface area contributed by atoms with Crippen LogP contribution in [-0.4, -0.2) is 40.3 Å². The van der Waals surface area contributed by atoms with Gasteiger partial charge < -0.3 is 10.1 Å². The second-order valence-corrected chi connectivity index (χ2v) is 7.83. The number of nitrogens with zero attached hydrogens (tertiary/aromatic N) is 1. The third-order valence-electron chi connectivity index (χ3n) is 3.76. The topological polar surface area (TPSA) is 75.7 Å². The Morgan fingerprint density at radius 2 is 1.81 bits per heavy atom. The van der Waals surface area contributed by atoms with Crippen LogP contribution in [0.15, 0.2) is 67.3 Å². The summed E-state index contributed by atoms with van der Waals surface area (Å²) in [5.41, 5.74) is 2.02. The van der Waals surface area contributed by atoms with Crippen LogP contribution in [0.4, 0.5) is 5.69 Å². The molecule has 0 spiro atoms. The van der Waals surface area contributed by atoms with Crippen LogP contribution in [0.5, 0.6) is 0 Å². The monoisotopic (exact) mass is 388 g/mol. The number of carbonyl (C=O) groups excluding carboxylic acids is 1. The van der Waals surface area contributed by atoms with Gasteiger partial charge in [-0.2, -0.15) is 0 Å². The number of ether oxygens (including phenoxy) is 1. The van der Waals surface area contributed by atoms with E-state index in [1.54, 1.807) is 24.3 Å². The summed E-state index contributed by atoms with van der Waals surface area (Å²) >= 11 is 0. The number of carbonyl (C=O) groups is 1. The predicted molar refractivity (Wildman–Crippen MR) is 107 cm³/mol. The highest BCUT2D eigenvalue weighted by Gasteiger charge is 2.16. The molecule has 0 saturated carbocycles. The van der Waals surface area contributed by atoms with E-state index in [0.717, 1.165) is 11.8 Å². The lowest BCUT2D eigenvalue weighted by atomic mass is 10.2. The Labute approximate surface area is 160 Å². The van der Waals surface area contributed by atoms with Crippen LogP contribution in [0.2, 0.25) is 0 Å². The highest BCUT2D eigenvalue weighted by molar-refractivity contribution is 7.92. The summed E-state index contributed by atoms with van der Waals surface area (Å²) in [5.74, 6) is -0.237. The first-order valence-corrected chi connectivity index (χ1v) is 10.3. The third kappa shape index (κ3) is 6.54. The molecule has 27 heavy (non-hydrogen) atoms. The van der Waals surface area contributed by atoms with Gasteiger partial charge >= 0.3 is 0 Å². The zero-order valence-corrected chi connectivity index (χ0v) is 16.1. The summed E-state index contributed by atoms with van der Waals surface area (Å²) in [4.78, 5) is 12.2. The van der Waals surface area contributed by atoms with Crippen molar-refractivity contribution >= 4 is 21.6 Å². The van der Waals surface area contributed by atoms with Gasteiger partial charge in [-0.3, -0.25) is 9.10 Å². The van der Waals surface area contributed by atoms with Crippen molar-refractivity contribution in [1.82, 2.24) is 5.32 Å². The van der Waals surface area contributed by atoms with Gasteiger partial charge in [0.1, 0.15) is 0 Å². The molecular weight excluding hydrogens is 364 g/mol. The van der Waals surface area contributed by atoms with Crippen LogP contribution >= 0.6 is 0 Å². The molecule has 6 nitrogen and oxygen atoms in total. The minimum absolute atomic E-state index is 0.170. The number of anilines is 1. The summed E-state index contributed by atoms with van der Waals surface area (Å²) < 4.78 is 30.4. The minimum Gasteiger partial charge on any atom is -0.375 e. The van der Waals surface area contributed by atoms with Crippen molar-refractivity contribution in [2.24, 2.45) is 0 Å². The van der Waals surface area contributed by atoms with Crippen molar-refractivity contribution in [3.63, 3.8) is 0 Å². The molecule has 0 atom stereocenters. The van der Waals surface area contributed by atoms with Crippen LogP contribution in [0.3, 0.4) is 0 Å². The molecule has 1 amide bonds. The van der Waals surface area contributed by atoms with Crippen molar-refractivity contribution in [3.8, 4) is 0 Å². The molecule has 0 bridgehead atoms. The first-order valence-electron chi connectivity index (χ1n) is 8.50. The van der Waals surface area contributed by atoms with Gasteiger partial charge in [-0.25, -0.2) is 8.42 Å². The van der Waals surface area contributed by atoms with Crippen molar-refractivity contribution in [2.45, 2.75) is 6.61 Å². The fourth-order valence-corrected chi connectivity index (χ4v) is 3.31. The van der Waals surface area contributed by atoms with Crippen molar-refractivity contribution in [2.75, 3.05) is 30.3 Å². The number of hydrogen-bond acceptors (Lipinski definition) is 4. The second kappa shape index (κ2) is 9.89. The number of rotatable bonds is 10. The Hall–Kier alpha value is -2.64.